The molecule has 3 amide bonds. The van der Waals surface area contributed by atoms with E-state index in [9.17, 15) is 14.4 Å². The first-order chi connectivity index (χ1) is 12.5. The lowest BCUT2D eigenvalue weighted by atomic mass is 9.91. The van der Waals surface area contributed by atoms with Crippen LogP contribution >= 0.6 is 0 Å². The number of aromatic nitrogens is 1. The Labute approximate surface area is 150 Å². The number of pyridine rings is 1. The zero-order valence-corrected chi connectivity index (χ0v) is 14.5. The Bertz CT molecular complexity index is 759. The molecule has 26 heavy (non-hydrogen) atoms. The number of carbonyl (C=O) groups excluding carboxylic acids is 3. The number of ether oxygens (including phenoxy) is 2. The number of likely N-dealkylation sites (N-methyl/N-ethyl adjacent to an activating group) is 1. The smallest absolute Gasteiger partial charge is 0.410 e. The second-order valence-corrected chi connectivity index (χ2v) is 6.88. The molecular weight excluding hydrogens is 340 g/mol. The number of rotatable bonds is 2. The number of hydrogen-bond acceptors (Lipinski definition) is 6. The van der Waals surface area contributed by atoms with Crippen LogP contribution in [0.4, 0.5) is 10.6 Å². The molecule has 0 N–H and O–H groups in total. The van der Waals surface area contributed by atoms with Crippen molar-refractivity contribution in [3.05, 3.63) is 18.3 Å². The van der Waals surface area contributed by atoms with Crippen LogP contribution in [0, 0.1) is 0 Å². The summed E-state index contributed by atoms with van der Waals surface area (Å²) in [6.07, 6.45) is 2.45. The summed E-state index contributed by atoms with van der Waals surface area (Å²) >= 11 is 0. The van der Waals surface area contributed by atoms with E-state index in [-0.39, 0.29) is 31.1 Å². The molecule has 3 aliphatic heterocycles. The van der Waals surface area contributed by atoms with E-state index in [1.54, 1.807) is 35.2 Å². The van der Waals surface area contributed by atoms with Gasteiger partial charge in [-0.1, -0.05) is 0 Å². The predicted octanol–water partition coefficient (Wildman–Crippen LogP) is 0.250. The first kappa shape index (κ1) is 16.6. The average Bonchev–Trinajstić information content (AvgIpc) is 2.91. The largest absolute Gasteiger partial charge is 0.480 e. The summed E-state index contributed by atoms with van der Waals surface area (Å²) in [5.74, 6) is 0.434. The topological polar surface area (TPSA) is 92.3 Å². The van der Waals surface area contributed by atoms with Crippen LogP contribution in [0.3, 0.4) is 0 Å². The molecule has 4 rings (SSSR count). The van der Waals surface area contributed by atoms with Crippen molar-refractivity contribution in [2.24, 2.45) is 0 Å². The maximum absolute atomic E-state index is 12.7. The number of hydrogen-bond donors (Lipinski definition) is 0. The normalized spacial score (nSPS) is 21.5. The quantitative estimate of drug-likeness (QED) is 0.751. The lowest BCUT2D eigenvalue weighted by Gasteiger charge is -2.38. The summed E-state index contributed by atoms with van der Waals surface area (Å²) in [6, 6.07) is 3.44. The van der Waals surface area contributed by atoms with Gasteiger partial charge < -0.3 is 19.3 Å². The van der Waals surface area contributed by atoms with E-state index in [1.807, 2.05) is 0 Å². The summed E-state index contributed by atoms with van der Waals surface area (Å²) in [7, 11) is 1.71. The lowest BCUT2D eigenvalue weighted by molar-refractivity contribution is -0.134. The second-order valence-electron chi connectivity index (χ2n) is 6.88. The van der Waals surface area contributed by atoms with Crippen molar-refractivity contribution in [1.82, 2.24) is 14.8 Å². The van der Waals surface area contributed by atoms with Gasteiger partial charge in [0.05, 0.1) is 6.54 Å². The molecular formula is C17H20N4O5. The lowest BCUT2D eigenvalue weighted by Crippen LogP contribution is -2.52. The predicted molar refractivity (Wildman–Crippen MR) is 89.7 cm³/mol. The SMILES string of the molecule is CN1CC2(CCN(C(=O)CN3C(=O)COc4cccnc43)CC2)OC1=O. The van der Waals surface area contributed by atoms with Crippen LogP contribution in [-0.4, -0.2) is 78.1 Å². The third-order valence-electron chi connectivity index (χ3n) is 5.12. The van der Waals surface area contributed by atoms with Gasteiger partial charge in [0.25, 0.3) is 5.91 Å². The van der Waals surface area contributed by atoms with Crippen molar-refractivity contribution < 1.29 is 23.9 Å². The van der Waals surface area contributed by atoms with E-state index in [1.165, 1.54) is 4.90 Å². The number of likely N-dealkylation sites (tertiary alicyclic amines) is 1. The van der Waals surface area contributed by atoms with Gasteiger partial charge in [-0.25, -0.2) is 9.78 Å². The fraction of sp³-hybridized carbons (Fsp3) is 0.529. The van der Waals surface area contributed by atoms with Crippen molar-refractivity contribution in [1.29, 1.82) is 0 Å². The number of nitrogens with zero attached hydrogens (tertiary/aromatic N) is 4. The summed E-state index contributed by atoms with van der Waals surface area (Å²) in [5.41, 5.74) is -0.494. The van der Waals surface area contributed by atoms with Gasteiger partial charge in [0.1, 0.15) is 12.1 Å². The molecule has 0 bridgehead atoms. The minimum absolute atomic E-state index is 0.0705. The van der Waals surface area contributed by atoms with Gasteiger partial charge in [0, 0.05) is 39.2 Å². The van der Waals surface area contributed by atoms with Gasteiger partial charge in [0.15, 0.2) is 18.2 Å². The molecule has 4 heterocycles. The zero-order valence-electron chi connectivity index (χ0n) is 14.5. The summed E-state index contributed by atoms with van der Waals surface area (Å²) in [4.78, 5) is 45.3. The molecule has 0 saturated carbocycles. The van der Waals surface area contributed by atoms with Crippen LogP contribution in [-0.2, 0) is 14.3 Å². The van der Waals surface area contributed by atoms with E-state index in [2.05, 4.69) is 4.98 Å². The zero-order chi connectivity index (χ0) is 18.3. The highest BCUT2D eigenvalue weighted by molar-refractivity contribution is 6.01. The maximum Gasteiger partial charge on any atom is 0.410 e. The first-order valence-electron chi connectivity index (χ1n) is 8.57. The van der Waals surface area contributed by atoms with E-state index < -0.39 is 5.60 Å². The Hall–Kier alpha value is -2.84. The number of carbonyl (C=O) groups is 3. The fourth-order valence-electron chi connectivity index (χ4n) is 3.65. The molecule has 1 aromatic heterocycles. The molecule has 2 saturated heterocycles. The third kappa shape index (κ3) is 2.83. The van der Waals surface area contributed by atoms with Gasteiger partial charge in [0.2, 0.25) is 5.91 Å². The summed E-state index contributed by atoms with van der Waals surface area (Å²) < 4.78 is 10.8. The highest BCUT2D eigenvalue weighted by atomic mass is 16.6. The van der Waals surface area contributed by atoms with Crippen LogP contribution in [0.25, 0.3) is 0 Å². The molecule has 0 aliphatic carbocycles. The number of fused-ring (bicyclic) bond motifs is 1. The second kappa shape index (κ2) is 6.15. The number of amides is 3. The molecule has 1 aromatic rings. The molecule has 0 unspecified atom stereocenters. The Balaban J connectivity index is 1.41. The van der Waals surface area contributed by atoms with E-state index >= 15 is 0 Å². The Kier molecular flexibility index (Phi) is 3.93. The monoisotopic (exact) mass is 360 g/mol. The van der Waals surface area contributed by atoms with Crippen molar-refractivity contribution in [2.75, 3.05) is 44.7 Å². The van der Waals surface area contributed by atoms with E-state index in [0.717, 1.165) is 0 Å². The third-order valence-corrected chi connectivity index (χ3v) is 5.12. The van der Waals surface area contributed by atoms with Crippen LogP contribution < -0.4 is 9.64 Å². The van der Waals surface area contributed by atoms with Crippen LogP contribution in [0.2, 0.25) is 0 Å². The van der Waals surface area contributed by atoms with Crippen molar-refractivity contribution in [2.45, 2.75) is 18.4 Å². The van der Waals surface area contributed by atoms with E-state index in [0.29, 0.717) is 44.0 Å². The molecule has 0 aromatic carbocycles. The van der Waals surface area contributed by atoms with Crippen molar-refractivity contribution in [3.8, 4) is 5.75 Å². The van der Waals surface area contributed by atoms with Crippen molar-refractivity contribution >= 4 is 23.7 Å². The van der Waals surface area contributed by atoms with Gasteiger partial charge in [-0.2, -0.15) is 0 Å². The molecule has 3 aliphatic rings. The standard InChI is InChI=1S/C17H20N4O5/c1-19-11-17(26-16(19)24)4-7-20(8-5-17)13(22)9-21-14(23)10-25-12-3-2-6-18-15(12)21/h2-3,6H,4-5,7-11H2,1H3. The maximum atomic E-state index is 12.7. The van der Waals surface area contributed by atoms with Gasteiger partial charge in [-0.05, 0) is 12.1 Å². The minimum atomic E-state index is -0.494. The van der Waals surface area contributed by atoms with Gasteiger partial charge in [-0.3, -0.25) is 14.5 Å². The Morgan fingerprint density at radius 2 is 2.08 bits per heavy atom. The average molecular weight is 360 g/mol. The van der Waals surface area contributed by atoms with Crippen LogP contribution in [0.5, 0.6) is 5.75 Å². The molecule has 9 nitrogen and oxygen atoms in total. The summed E-state index contributed by atoms with van der Waals surface area (Å²) in [5, 5.41) is 0. The highest BCUT2D eigenvalue weighted by Crippen LogP contribution is 2.33. The molecule has 0 radical (unpaired) electrons. The van der Waals surface area contributed by atoms with Gasteiger partial charge in [-0.15, -0.1) is 0 Å². The van der Waals surface area contributed by atoms with E-state index in [4.69, 9.17) is 9.47 Å². The molecule has 9 heteroatoms. The van der Waals surface area contributed by atoms with Crippen LogP contribution in [0.1, 0.15) is 12.8 Å². The summed E-state index contributed by atoms with van der Waals surface area (Å²) in [6.45, 7) is 1.37. The molecule has 1 spiro atoms. The fourth-order valence-corrected chi connectivity index (χ4v) is 3.65. The number of piperidine rings is 1. The van der Waals surface area contributed by atoms with Crippen molar-refractivity contribution in [3.63, 3.8) is 0 Å². The molecule has 2 fully saturated rings. The first-order valence-corrected chi connectivity index (χ1v) is 8.57. The number of anilines is 1. The molecule has 0 atom stereocenters. The van der Waals surface area contributed by atoms with Gasteiger partial charge >= 0.3 is 6.09 Å². The Morgan fingerprint density at radius 3 is 2.77 bits per heavy atom. The molecule has 138 valence electrons. The van der Waals surface area contributed by atoms with Crippen LogP contribution in [0.15, 0.2) is 18.3 Å². The Morgan fingerprint density at radius 1 is 1.31 bits per heavy atom. The highest BCUT2D eigenvalue weighted by Gasteiger charge is 2.46. The minimum Gasteiger partial charge on any atom is -0.480 e.